The average molecular weight is 511 g/mol. The minimum atomic E-state index is -4.77. The molecule has 0 atom stereocenters. The zero-order valence-electron chi connectivity index (χ0n) is 20.0. The summed E-state index contributed by atoms with van der Waals surface area (Å²) in [5.41, 5.74) is -1.72. The van der Waals surface area contributed by atoms with Crippen LogP contribution in [0.25, 0.3) is 0 Å². The number of likely N-dealkylation sites (N-methyl/N-ethyl adjacent to an activating group) is 2. The lowest BCUT2D eigenvalue weighted by Gasteiger charge is -2.38. The van der Waals surface area contributed by atoms with Gasteiger partial charge in [0.05, 0.1) is 22.7 Å². The second kappa shape index (κ2) is 11.0. The van der Waals surface area contributed by atoms with E-state index in [4.69, 9.17) is 22.2 Å². The van der Waals surface area contributed by atoms with Crippen LogP contribution in [0.15, 0.2) is 36.4 Å². The van der Waals surface area contributed by atoms with Crippen LogP contribution in [0, 0.1) is 17.1 Å². The van der Waals surface area contributed by atoms with E-state index in [2.05, 4.69) is 0 Å². The van der Waals surface area contributed by atoms with Crippen LogP contribution in [0.3, 0.4) is 0 Å². The van der Waals surface area contributed by atoms with Crippen LogP contribution in [-0.2, 0) is 11.0 Å². The van der Waals surface area contributed by atoms with Gasteiger partial charge in [-0.05, 0) is 58.3 Å². The van der Waals surface area contributed by atoms with Gasteiger partial charge < -0.3 is 19.4 Å². The molecule has 0 radical (unpaired) electrons. The van der Waals surface area contributed by atoms with Gasteiger partial charge in [0.25, 0.3) is 5.91 Å². The highest BCUT2D eigenvalue weighted by Crippen LogP contribution is 2.35. The van der Waals surface area contributed by atoms with Gasteiger partial charge in [0.15, 0.2) is 11.6 Å². The van der Waals surface area contributed by atoms with Gasteiger partial charge in [-0.2, -0.15) is 18.4 Å². The zero-order valence-corrected chi connectivity index (χ0v) is 20.8. The number of carbonyl (C=O) groups excluding carboxylic acids is 1. The number of anilines is 2. The third-order valence-electron chi connectivity index (χ3n) is 5.34. The number of hydrogen-bond donors (Lipinski definition) is 0. The Bertz CT molecular complexity index is 1130. The van der Waals surface area contributed by atoms with Gasteiger partial charge in [0, 0.05) is 31.0 Å². The average Bonchev–Trinajstić information content (AvgIpc) is 2.78. The molecule has 35 heavy (non-hydrogen) atoms. The number of hydrogen-bond acceptors (Lipinski definition) is 5. The molecule has 2 rings (SSSR count). The first-order valence-corrected chi connectivity index (χ1v) is 10.9. The first kappa shape index (κ1) is 28.0. The number of halogens is 4. The van der Waals surface area contributed by atoms with Crippen molar-refractivity contribution < 1.29 is 27.1 Å². The van der Waals surface area contributed by atoms with Crippen LogP contribution in [0.4, 0.5) is 28.9 Å². The number of amides is 1. The molecule has 0 spiro atoms. The van der Waals surface area contributed by atoms with Crippen molar-refractivity contribution in [1.82, 2.24) is 4.90 Å². The van der Waals surface area contributed by atoms with Crippen molar-refractivity contribution in [3.63, 3.8) is 0 Å². The molecule has 0 saturated carbocycles. The second-order valence-corrected chi connectivity index (χ2v) is 8.72. The zero-order chi connectivity index (χ0) is 26.6. The summed E-state index contributed by atoms with van der Waals surface area (Å²) in [5, 5.41) is 9.00. The van der Waals surface area contributed by atoms with Crippen LogP contribution >= 0.6 is 12.2 Å². The van der Waals surface area contributed by atoms with Crippen molar-refractivity contribution in [2.45, 2.75) is 25.6 Å². The molecule has 0 fully saturated rings. The Morgan fingerprint density at radius 3 is 2.26 bits per heavy atom. The number of carbonyl (C=O) groups is 1. The molecule has 0 unspecified atom stereocenters. The van der Waals surface area contributed by atoms with E-state index in [1.54, 1.807) is 0 Å². The molecule has 0 saturated heterocycles. The van der Waals surface area contributed by atoms with Gasteiger partial charge in [-0.1, -0.05) is 12.2 Å². The lowest BCUT2D eigenvalue weighted by molar-refractivity contribution is -0.137. The van der Waals surface area contributed by atoms with Gasteiger partial charge in [-0.25, -0.2) is 4.39 Å². The number of ether oxygens (including phenoxy) is 1. The SMILES string of the molecule is CN(C)CCOc1ccc(N(C=S)C(C)(C)C(=O)N(C)c2ccc(C#N)c(C(F)(F)F)c2)cc1F. The molecule has 188 valence electrons. The van der Waals surface area contributed by atoms with Crippen molar-refractivity contribution >= 4 is 35.0 Å². The van der Waals surface area contributed by atoms with Gasteiger partial charge in [-0.15, -0.1) is 0 Å². The van der Waals surface area contributed by atoms with E-state index in [1.165, 1.54) is 61.6 Å². The van der Waals surface area contributed by atoms with Crippen LogP contribution in [0.1, 0.15) is 25.0 Å². The van der Waals surface area contributed by atoms with E-state index in [0.29, 0.717) is 6.54 Å². The molecular weight excluding hydrogens is 484 g/mol. The largest absolute Gasteiger partial charge is 0.489 e. The highest BCUT2D eigenvalue weighted by Gasteiger charge is 2.39. The van der Waals surface area contributed by atoms with Crippen molar-refractivity contribution in [2.75, 3.05) is 44.1 Å². The maximum absolute atomic E-state index is 14.7. The van der Waals surface area contributed by atoms with Crippen LogP contribution in [0.5, 0.6) is 5.75 Å². The van der Waals surface area contributed by atoms with Gasteiger partial charge >= 0.3 is 6.18 Å². The predicted octanol–water partition coefficient (Wildman–Crippen LogP) is 4.86. The van der Waals surface area contributed by atoms with E-state index in [0.717, 1.165) is 17.0 Å². The normalized spacial score (nSPS) is 11.7. The number of thiocarbonyl (C=S) groups is 1. The smallest absolute Gasteiger partial charge is 0.417 e. The maximum Gasteiger partial charge on any atom is 0.417 e. The Kier molecular flexibility index (Phi) is 8.81. The first-order chi connectivity index (χ1) is 16.2. The Balaban J connectivity index is 2.34. The van der Waals surface area contributed by atoms with Gasteiger partial charge in [0.1, 0.15) is 12.1 Å². The molecule has 0 heterocycles. The molecule has 6 nitrogen and oxygen atoms in total. The number of nitrogens with zero attached hydrogens (tertiary/aromatic N) is 4. The number of rotatable bonds is 9. The van der Waals surface area contributed by atoms with Crippen molar-refractivity contribution in [3.05, 3.63) is 53.3 Å². The first-order valence-electron chi connectivity index (χ1n) is 10.4. The molecule has 2 aromatic carbocycles. The summed E-state index contributed by atoms with van der Waals surface area (Å²) in [7, 11) is 5.03. The van der Waals surface area contributed by atoms with Crippen LogP contribution in [-0.4, -0.2) is 56.1 Å². The molecule has 1 amide bonds. The molecule has 2 aromatic rings. The third-order valence-corrected chi connectivity index (χ3v) is 5.55. The number of nitriles is 1. The van der Waals surface area contributed by atoms with E-state index in [1.807, 2.05) is 19.0 Å². The molecule has 0 N–H and O–H groups in total. The monoisotopic (exact) mass is 510 g/mol. The second-order valence-electron chi connectivity index (χ2n) is 8.50. The Hall–Kier alpha value is -3.23. The molecule has 0 aliphatic carbocycles. The summed E-state index contributed by atoms with van der Waals surface area (Å²) in [5.74, 6) is -1.22. The number of benzene rings is 2. The minimum Gasteiger partial charge on any atom is -0.489 e. The lowest BCUT2D eigenvalue weighted by atomic mass is 9.99. The summed E-state index contributed by atoms with van der Waals surface area (Å²) < 4.78 is 60.2. The topological polar surface area (TPSA) is 59.8 Å². The van der Waals surface area contributed by atoms with Crippen molar-refractivity contribution in [3.8, 4) is 11.8 Å². The summed E-state index contributed by atoms with van der Waals surface area (Å²) in [4.78, 5) is 17.6. The molecule has 0 aliphatic rings. The standard InChI is InChI=1S/C24H26F4N4O2S/c1-23(2,22(33)31(5)17-7-6-16(14-29)19(12-17)24(26,27)28)32(15-35)18-8-9-21(20(25)13-18)34-11-10-30(3)4/h6-9,12-13,15H,10-11H2,1-5H3. The fraction of sp³-hybridized carbons (Fsp3) is 0.375. The highest BCUT2D eigenvalue weighted by atomic mass is 32.1. The molecule has 0 bridgehead atoms. The fourth-order valence-electron chi connectivity index (χ4n) is 3.31. The van der Waals surface area contributed by atoms with Crippen LogP contribution in [0.2, 0.25) is 0 Å². The summed E-state index contributed by atoms with van der Waals surface area (Å²) in [6.07, 6.45) is -4.77. The summed E-state index contributed by atoms with van der Waals surface area (Å²) >= 11 is 5.09. The lowest BCUT2D eigenvalue weighted by Crippen LogP contribution is -2.55. The molecule has 0 aromatic heterocycles. The van der Waals surface area contributed by atoms with Crippen LogP contribution < -0.4 is 14.5 Å². The van der Waals surface area contributed by atoms with E-state index in [9.17, 15) is 22.4 Å². The summed E-state index contributed by atoms with van der Waals surface area (Å²) in [6, 6.07) is 8.65. The Morgan fingerprint density at radius 2 is 1.74 bits per heavy atom. The number of alkyl halides is 3. The predicted molar refractivity (Wildman–Crippen MR) is 130 cm³/mol. The van der Waals surface area contributed by atoms with Gasteiger partial charge in [0.2, 0.25) is 0 Å². The highest BCUT2D eigenvalue weighted by molar-refractivity contribution is 7.79. The van der Waals surface area contributed by atoms with E-state index < -0.39 is 34.6 Å². The quantitative estimate of drug-likeness (QED) is 0.355. The Labute approximate surface area is 207 Å². The van der Waals surface area contributed by atoms with Crippen molar-refractivity contribution in [2.24, 2.45) is 0 Å². The van der Waals surface area contributed by atoms with Crippen molar-refractivity contribution in [1.29, 1.82) is 5.26 Å². The summed E-state index contributed by atoms with van der Waals surface area (Å²) in [6.45, 7) is 3.90. The maximum atomic E-state index is 14.7. The molecule has 0 aliphatic heterocycles. The molecule has 11 heteroatoms. The fourth-order valence-corrected chi connectivity index (χ4v) is 3.70. The van der Waals surface area contributed by atoms with E-state index in [-0.39, 0.29) is 23.7 Å². The third kappa shape index (κ3) is 6.46. The molecular formula is C24H26F4N4O2S. The van der Waals surface area contributed by atoms with E-state index >= 15 is 0 Å². The Morgan fingerprint density at radius 1 is 1.11 bits per heavy atom. The van der Waals surface area contributed by atoms with Gasteiger partial charge in [-0.3, -0.25) is 4.79 Å². The minimum absolute atomic E-state index is 0.0402.